The highest BCUT2D eigenvalue weighted by atomic mass is 35.5. The summed E-state index contributed by atoms with van der Waals surface area (Å²) in [6, 6.07) is 16.7. The average molecular weight is 339 g/mol. The number of amides is 1. The maximum Gasteiger partial charge on any atom is 0.266 e. The molecule has 0 saturated carbocycles. The van der Waals surface area contributed by atoms with E-state index in [9.17, 15) is 10.1 Å². The maximum absolute atomic E-state index is 12.3. The zero-order chi connectivity index (χ0) is 17.4. The van der Waals surface area contributed by atoms with Gasteiger partial charge >= 0.3 is 0 Å². The Kier molecular flexibility index (Phi) is 6.60. The number of halogens is 1. The lowest BCUT2D eigenvalue weighted by atomic mass is 10.1. The average Bonchev–Trinajstić information content (AvgIpc) is 2.60. The highest BCUT2D eigenvalue weighted by Gasteiger charge is 2.10. The maximum atomic E-state index is 12.3. The summed E-state index contributed by atoms with van der Waals surface area (Å²) in [6.07, 6.45) is 4.82. The van der Waals surface area contributed by atoms with Gasteiger partial charge in [-0.2, -0.15) is 5.26 Å². The Hall–Kier alpha value is -2.57. The van der Waals surface area contributed by atoms with Crippen LogP contribution in [-0.2, 0) is 11.2 Å². The fraction of sp³-hybridized carbons (Fsp3) is 0.200. The molecule has 0 spiro atoms. The van der Waals surface area contributed by atoms with Crippen LogP contribution in [0.5, 0.6) is 0 Å². The molecule has 0 heterocycles. The number of nitriles is 1. The number of nitrogens with one attached hydrogen (secondary N) is 1. The van der Waals surface area contributed by atoms with Crippen molar-refractivity contribution in [2.45, 2.75) is 26.2 Å². The smallest absolute Gasteiger partial charge is 0.266 e. The molecule has 0 aliphatic heterocycles. The first-order valence-corrected chi connectivity index (χ1v) is 8.28. The van der Waals surface area contributed by atoms with Gasteiger partial charge in [0.05, 0.1) is 0 Å². The summed E-state index contributed by atoms with van der Waals surface area (Å²) in [6.45, 7) is 2.16. The standard InChI is InChI=1S/C20H19ClN2O/c1-2-3-6-15-9-11-18(12-10-15)23-20(24)17(14-22)13-16-7-4-5-8-19(16)21/h4-5,7-13H,2-3,6H2,1H3,(H,23,24)/b17-13+. The van der Waals surface area contributed by atoms with Gasteiger partial charge in [-0.15, -0.1) is 0 Å². The van der Waals surface area contributed by atoms with E-state index in [4.69, 9.17) is 11.6 Å². The fourth-order valence-electron chi connectivity index (χ4n) is 2.23. The number of hydrogen-bond donors (Lipinski definition) is 1. The topological polar surface area (TPSA) is 52.9 Å². The Morgan fingerprint density at radius 2 is 1.92 bits per heavy atom. The molecule has 122 valence electrons. The number of carbonyl (C=O) groups is 1. The molecule has 0 aromatic heterocycles. The molecular weight excluding hydrogens is 320 g/mol. The molecule has 3 nitrogen and oxygen atoms in total. The molecule has 1 amide bonds. The molecule has 2 rings (SSSR count). The van der Waals surface area contributed by atoms with Gasteiger partial charge in [0.2, 0.25) is 0 Å². The van der Waals surface area contributed by atoms with Crippen molar-refractivity contribution in [1.29, 1.82) is 5.26 Å². The van der Waals surface area contributed by atoms with Crippen LogP contribution < -0.4 is 5.32 Å². The number of nitrogens with zero attached hydrogens (tertiary/aromatic N) is 1. The number of unbranched alkanes of at least 4 members (excludes halogenated alkanes) is 1. The monoisotopic (exact) mass is 338 g/mol. The third-order valence-corrected chi connectivity index (χ3v) is 3.95. The van der Waals surface area contributed by atoms with Gasteiger partial charge in [-0.25, -0.2) is 0 Å². The Balaban J connectivity index is 2.10. The molecule has 2 aromatic carbocycles. The number of aryl methyl sites for hydroxylation is 1. The molecule has 0 unspecified atom stereocenters. The van der Waals surface area contributed by atoms with E-state index in [0.29, 0.717) is 16.3 Å². The van der Waals surface area contributed by atoms with E-state index < -0.39 is 5.91 Å². The minimum absolute atomic E-state index is 0.0122. The van der Waals surface area contributed by atoms with Gasteiger partial charge in [-0.3, -0.25) is 4.79 Å². The predicted molar refractivity (Wildman–Crippen MR) is 98.7 cm³/mol. The Labute approximate surface area is 147 Å². The molecule has 2 aromatic rings. The number of carbonyl (C=O) groups excluding carboxylic acids is 1. The van der Waals surface area contributed by atoms with Crippen LogP contribution in [-0.4, -0.2) is 5.91 Å². The largest absolute Gasteiger partial charge is 0.321 e. The summed E-state index contributed by atoms with van der Waals surface area (Å²) < 4.78 is 0. The van der Waals surface area contributed by atoms with Gasteiger partial charge in [-0.1, -0.05) is 55.3 Å². The molecule has 4 heteroatoms. The fourth-order valence-corrected chi connectivity index (χ4v) is 2.42. The normalized spacial score (nSPS) is 11.0. The van der Waals surface area contributed by atoms with Crippen molar-refractivity contribution in [3.63, 3.8) is 0 Å². The van der Waals surface area contributed by atoms with Crippen molar-refractivity contribution in [3.8, 4) is 6.07 Å². The molecule has 0 saturated heterocycles. The van der Waals surface area contributed by atoms with E-state index >= 15 is 0 Å². The lowest BCUT2D eigenvalue weighted by Crippen LogP contribution is -2.13. The van der Waals surface area contributed by atoms with Gasteiger partial charge in [0.1, 0.15) is 11.6 Å². The number of rotatable bonds is 6. The molecule has 1 N–H and O–H groups in total. The van der Waals surface area contributed by atoms with E-state index in [1.54, 1.807) is 24.3 Å². The van der Waals surface area contributed by atoms with E-state index in [0.717, 1.165) is 19.3 Å². The summed E-state index contributed by atoms with van der Waals surface area (Å²) in [4.78, 5) is 12.3. The first kappa shape index (κ1) is 17.8. The van der Waals surface area contributed by atoms with Crippen LogP contribution in [0.1, 0.15) is 30.9 Å². The summed E-state index contributed by atoms with van der Waals surface area (Å²) >= 11 is 6.06. The van der Waals surface area contributed by atoms with Gasteiger partial charge < -0.3 is 5.32 Å². The first-order chi connectivity index (χ1) is 11.6. The summed E-state index contributed by atoms with van der Waals surface area (Å²) in [5.41, 5.74) is 2.56. The zero-order valence-electron chi connectivity index (χ0n) is 13.6. The number of benzene rings is 2. The molecule has 24 heavy (non-hydrogen) atoms. The van der Waals surface area contributed by atoms with Crippen molar-refractivity contribution < 1.29 is 4.79 Å². The third kappa shape index (κ3) is 4.97. The lowest BCUT2D eigenvalue weighted by molar-refractivity contribution is -0.112. The molecule has 0 aliphatic carbocycles. The van der Waals surface area contributed by atoms with Crippen LogP contribution in [0.2, 0.25) is 5.02 Å². The number of hydrogen-bond acceptors (Lipinski definition) is 2. The molecule has 0 atom stereocenters. The van der Waals surface area contributed by atoms with E-state index in [1.807, 2.05) is 30.3 Å². The Morgan fingerprint density at radius 1 is 1.21 bits per heavy atom. The second-order valence-corrected chi connectivity index (χ2v) is 5.85. The van der Waals surface area contributed by atoms with Gasteiger partial charge in [0.15, 0.2) is 0 Å². The summed E-state index contributed by atoms with van der Waals surface area (Å²) in [5.74, 6) is -0.446. The second kappa shape index (κ2) is 8.90. The predicted octanol–water partition coefficient (Wildman–Crippen LogP) is 5.23. The SMILES string of the molecule is CCCCc1ccc(NC(=O)/C(C#N)=C/c2ccccc2Cl)cc1. The van der Waals surface area contributed by atoms with Crippen molar-refractivity contribution >= 4 is 29.3 Å². The number of anilines is 1. The zero-order valence-corrected chi connectivity index (χ0v) is 14.3. The highest BCUT2D eigenvalue weighted by Crippen LogP contribution is 2.19. The van der Waals surface area contributed by atoms with Crippen LogP contribution in [0.3, 0.4) is 0 Å². The van der Waals surface area contributed by atoms with Crippen LogP contribution in [0.25, 0.3) is 6.08 Å². The van der Waals surface area contributed by atoms with E-state index in [1.165, 1.54) is 11.6 Å². The van der Waals surface area contributed by atoms with E-state index in [-0.39, 0.29) is 5.57 Å². The molecule has 0 fully saturated rings. The Bertz CT molecular complexity index is 773. The van der Waals surface area contributed by atoms with Crippen molar-refractivity contribution in [2.75, 3.05) is 5.32 Å². The van der Waals surface area contributed by atoms with Crippen LogP contribution in [0.4, 0.5) is 5.69 Å². The minimum Gasteiger partial charge on any atom is -0.321 e. The van der Waals surface area contributed by atoms with Crippen LogP contribution in [0.15, 0.2) is 54.1 Å². The second-order valence-electron chi connectivity index (χ2n) is 5.45. The third-order valence-electron chi connectivity index (χ3n) is 3.60. The molecule has 0 bridgehead atoms. The molecule has 0 radical (unpaired) electrons. The van der Waals surface area contributed by atoms with Crippen LogP contribution >= 0.6 is 11.6 Å². The lowest BCUT2D eigenvalue weighted by Gasteiger charge is -2.06. The minimum atomic E-state index is -0.446. The molecule has 0 aliphatic rings. The summed E-state index contributed by atoms with van der Waals surface area (Å²) in [5, 5.41) is 12.5. The molecular formula is C20H19ClN2O. The van der Waals surface area contributed by atoms with Gasteiger partial charge in [0, 0.05) is 10.7 Å². The van der Waals surface area contributed by atoms with Crippen molar-refractivity contribution in [3.05, 3.63) is 70.3 Å². The summed E-state index contributed by atoms with van der Waals surface area (Å²) in [7, 11) is 0. The van der Waals surface area contributed by atoms with Crippen molar-refractivity contribution in [2.24, 2.45) is 0 Å². The highest BCUT2D eigenvalue weighted by molar-refractivity contribution is 6.32. The Morgan fingerprint density at radius 3 is 2.54 bits per heavy atom. The van der Waals surface area contributed by atoms with Gasteiger partial charge in [-0.05, 0) is 48.2 Å². The van der Waals surface area contributed by atoms with E-state index in [2.05, 4.69) is 12.2 Å². The quantitative estimate of drug-likeness (QED) is 0.579. The van der Waals surface area contributed by atoms with Gasteiger partial charge in [0.25, 0.3) is 5.91 Å². The first-order valence-electron chi connectivity index (χ1n) is 7.90. The van der Waals surface area contributed by atoms with Crippen molar-refractivity contribution in [1.82, 2.24) is 0 Å². The van der Waals surface area contributed by atoms with Crippen LogP contribution in [0, 0.1) is 11.3 Å².